The number of nitrogens with one attached hydrogen (secondary N) is 2. The molecule has 0 radical (unpaired) electrons. The van der Waals surface area contributed by atoms with E-state index in [0.29, 0.717) is 5.69 Å². The molecule has 0 saturated heterocycles. The van der Waals surface area contributed by atoms with Crippen LogP contribution in [0.2, 0.25) is 0 Å². The summed E-state index contributed by atoms with van der Waals surface area (Å²) in [5, 5.41) is 25.2. The van der Waals surface area contributed by atoms with Crippen molar-refractivity contribution in [3.63, 3.8) is 0 Å². The van der Waals surface area contributed by atoms with Crippen molar-refractivity contribution in [3.8, 4) is 0 Å². The number of carboxylic acid groups (broad SMARTS) is 1. The van der Waals surface area contributed by atoms with Crippen LogP contribution in [0.15, 0.2) is 66.7 Å². The summed E-state index contributed by atoms with van der Waals surface area (Å²) in [6, 6.07) is 18.9. The standard InChI is InChI=1S/C24H25N3O6/c28-19(14-25-24(32)33-15-16-6-2-1-3-7-16)13-22(29)27-21(23(30)31)12-18-11-10-17-8-4-5-9-20(17)26-18/h1-11,19,21,28H,12-15H2,(H,25,32)(H,27,29)(H,30,31)/t19-,21-/m0/s1. The number of carboxylic acids is 1. The summed E-state index contributed by atoms with van der Waals surface area (Å²) in [7, 11) is 0. The first-order valence-corrected chi connectivity index (χ1v) is 10.4. The number of alkyl carbamates (subject to hydrolysis) is 1. The fraction of sp³-hybridized carbons (Fsp3) is 0.250. The van der Waals surface area contributed by atoms with Crippen LogP contribution in [0.3, 0.4) is 0 Å². The van der Waals surface area contributed by atoms with Crippen molar-refractivity contribution in [2.75, 3.05) is 6.54 Å². The number of pyridine rings is 1. The van der Waals surface area contributed by atoms with Gasteiger partial charge in [0.25, 0.3) is 0 Å². The number of nitrogens with zero attached hydrogens (tertiary/aromatic N) is 1. The highest BCUT2D eigenvalue weighted by Crippen LogP contribution is 2.13. The van der Waals surface area contributed by atoms with Crippen LogP contribution < -0.4 is 10.6 Å². The van der Waals surface area contributed by atoms with E-state index in [1.807, 2.05) is 48.5 Å². The summed E-state index contributed by atoms with van der Waals surface area (Å²) >= 11 is 0. The third-order valence-electron chi connectivity index (χ3n) is 4.82. The quantitative estimate of drug-likeness (QED) is 0.370. The van der Waals surface area contributed by atoms with Crippen molar-refractivity contribution >= 4 is 28.9 Å². The van der Waals surface area contributed by atoms with Crippen molar-refractivity contribution < 1.29 is 29.3 Å². The van der Waals surface area contributed by atoms with Crippen molar-refractivity contribution in [3.05, 3.63) is 78.0 Å². The van der Waals surface area contributed by atoms with E-state index in [1.54, 1.807) is 18.2 Å². The van der Waals surface area contributed by atoms with E-state index in [2.05, 4.69) is 15.6 Å². The third-order valence-corrected chi connectivity index (χ3v) is 4.82. The first-order valence-electron chi connectivity index (χ1n) is 10.4. The Balaban J connectivity index is 1.44. The van der Waals surface area contributed by atoms with Gasteiger partial charge in [-0.1, -0.05) is 54.6 Å². The largest absolute Gasteiger partial charge is 0.480 e. The van der Waals surface area contributed by atoms with Crippen LogP contribution in [-0.4, -0.2) is 51.9 Å². The van der Waals surface area contributed by atoms with E-state index in [0.717, 1.165) is 16.5 Å². The Hall–Kier alpha value is -3.98. The number of hydrogen-bond donors (Lipinski definition) is 4. The van der Waals surface area contributed by atoms with Crippen LogP contribution in [0.1, 0.15) is 17.7 Å². The average Bonchev–Trinajstić information content (AvgIpc) is 2.81. The van der Waals surface area contributed by atoms with Crippen LogP contribution >= 0.6 is 0 Å². The summed E-state index contributed by atoms with van der Waals surface area (Å²) in [6.07, 6.45) is -2.33. The summed E-state index contributed by atoms with van der Waals surface area (Å²) in [6.45, 7) is -0.142. The van der Waals surface area contributed by atoms with Crippen molar-refractivity contribution in [2.24, 2.45) is 0 Å². The van der Waals surface area contributed by atoms with Crippen molar-refractivity contribution in [1.82, 2.24) is 15.6 Å². The normalized spacial score (nSPS) is 12.5. The number of amides is 2. The number of hydrogen-bond acceptors (Lipinski definition) is 6. The van der Waals surface area contributed by atoms with Gasteiger partial charge in [-0.2, -0.15) is 0 Å². The van der Waals surface area contributed by atoms with Crippen LogP contribution in [0.25, 0.3) is 10.9 Å². The molecule has 172 valence electrons. The number of carbonyl (C=O) groups is 3. The van der Waals surface area contributed by atoms with E-state index in [-0.39, 0.29) is 26.0 Å². The lowest BCUT2D eigenvalue weighted by molar-refractivity contribution is -0.142. The van der Waals surface area contributed by atoms with Crippen LogP contribution in [0, 0.1) is 0 Å². The smallest absolute Gasteiger partial charge is 0.407 e. The van der Waals surface area contributed by atoms with E-state index in [9.17, 15) is 24.6 Å². The predicted molar refractivity (Wildman–Crippen MR) is 120 cm³/mol. The Kier molecular flexibility index (Phi) is 8.31. The Morgan fingerprint density at radius 3 is 2.45 bits per heavy atom. The molecule has 0 fully saturated rings. The Morgan fingerprint density at radius 1 is 0.970 bits per heavy atom. The van der Waals surface area contributed by atoms with Gasteiger partial charge in [0, 0.05) is 24.0 Å². The second-order valence-corrected chi connectivity index (χ2v) is 7.46. The zero-order valence-corrected chi connectivity index (χ0v) is 17.8. The molecule has 0 saturated carbocycles. The highest BCUT2D eigenvalue weighted by molar-refractivity contribution is 5.84. The molecule has 0 aliphatic rings. The summed E-state index contributed by atoms with van der Waals surface area (Å²) in [5.74, 6) is -1.87. The Morgan fingerprint density at radius 2 is 1.70 bits per heavy atom. The van der Waals surface area contributed by atoms with Gasteiger partial charge in [-0.15, -0.1) is 0 Å². The maximum atomic E-state index is 12.2. The minimum atomic E-state index is -1.21. The molecule has 0 aliphatic heterocycles. The topological polar surface area (TPSA) is 138 Å². The molecule has 0 unspecified atom stereocenters. The number of ether oxygens (including phenoxy) is 1. The Bertz CT molecular complexity index is 1110. The number of para-hydroxylation sites is 1. The molecule has 0 spiro atoms. The van der Waals surface area contributed by atoms with Crippen LogP contribution in [-0.2, 0) is 27.4 Å². The van der Waals surface area contributed by atoms with Gasteiger partial charge in [-0.25, -0.2) is 9.59 Å². The molecule has 3 aromatic rings. The van der Waals surface area contributed by atoms with Gasteiger partial charge in [0.15, 0.2) is 0 Å². The predicted octanol–water partition coefficient (Wildman–Crippen LogP) is 2.02. The van der Waals surface area contributed by atoms with Crippen LogP contribution in [0.4, 0.5) is 4.79 Å². The molecular formula is C24H25N3O6. The minimum absolute atomic E-state index is 0.00787. The molecule has 9 heteroatoms. The number of rotatable bonds is 10. The molecule has 1 aromatic heterocycles. The molecule has 3 rings (SSSR count). The molecule has 2 atom stereocenters. The number of aromatic nitrogens is 1. The maximum absolute atomic E-state index is 12.2. The maximum Gasteiger partial charge on any atom is 0.407 e. The van der Waals surface area contributed by atoms with Gasteiger partial charge in [-0.3, -0.25) is 9.78 Å². The molecule has 4 N–H and O–H groups in total. The van der Waals surface area contributed by atoms with E-state index >= 15 is 0 Å². The first-order chi connectivity index (χ1) is 15.9. The number of aliphatic carboxylic acids is 1. The highest BCUT2D eigenvalue weighted by atomic mass is 16.5. The summed E-state index contributed by atoms with van der Waals surface area (Å²) < 4.78 is 5.03. The SMILES string of the molecule is O=C(C[C@H](O)CNC(=O)OCc1ccccc1)N[C@@H](Cc1ccc2ccccc2n1)C(=O)O. The van der Waals surface area contributed by atoms with Gasteiger partial charge < -0.3 is 25.6 Å². The summed E-state index contributed by atoms with van der Waals surface area (Å²) in [5.41, 5.74) is 2.06. The lowest BCUT2D eigenvalue weighted by atomic mass is 10.1. The fourth-order valence-corrected chi connectivity index (χ4v) is 3.15. The minimum Gasteiger partial charge on any atom is -0.480 e. The molecule has 0 bridgehead atoms. The lowest BCUT2D eigenvalue weighted by Crippen LogP contribution is -2.44. The second-order valence-electron chi connectivity index (χ2n) is 7.46. The van der Waals surface area contributed by atoms with Gasteiger partial charge in [0.1, 0.15) is 12.6 Å². The van der Waals surface area contributed by atoms with Crippen LogP contribution in [0.5, 0.6) is 0 Å². The summed E-state index contributed by atoms with van der Waals surface area (Å²) in [4.78, 5) is 40.0. The molecular weight excluding hydrogens is 426 g/mol. The monoisotopic (exact) mass is 451 g/mol. The highest BCUT2D eigenvalue weighted by Gasteiger charge is 2.23. The van der Waals surface area contributed by atoms with Gasteiger partial charge in [0.05, 0.1) is 18.0 Å². The number of fused-ring (bicyclic) bond motifs is 1. The lowest BCUT2D eigenvalue weighted by Gasteiger charge is -2.16. The number of aliphatic hydroxyl groups is 1. The molecule has 1 heterocycles. The number of carbonyl (C=O) groups excluding carboxylic acids is 2. The van der Waals surface area contributed by atoms with Crippen molar-refractivity contribution in [2.45, 2.75) is 31.6 Å². The third kappa shape index (κ3) is 7.58. The molecule has 9 nitrogen and oxygen atoms in total. The fourth-order valence-electron chi connectivity index (χ4n) is 3.15. The average molecular weight is 451 g/mol. The first kappa shape index (κ1) is 23.7. The molecule has 2 aromatic carbocycles. The van der Waals surface area contributed by atoms with Gasteiger partial charge in [0.2, 0.25) is 5.91 Å². The van der Waals surface area contributed by atoms with Gasteiger partial charge in [-0.05, 0) is 17.7 Å². The second kappa shape index (κ2) is 11.6. The Labute approximate surface area is 190 Å². The number of aliphatic hydroxyl groups excluding tert-OH is 1. The molecule has 2 amide bonds. The molecule has 0 aliphatic carbocycles. The number of benzene rings is 2. The van der Waals surface area contributed by atoms with E-state index < -0.39 is 30.1 Å². The van der Waals surface area contributed by atoms with E-state index in [1.165, 1.54) is 0 Å². The zero-order chi connectivity index (χ0) is 23.6. The van der Waals surface area contributed by atoms with E-state index in [4.69, 9.17) is 4.74 Å². The zero-order valence-electron chi connectivity index (χ0n) is 17.8. The van der Waals surface area contributed by atoms with Crippen molar-refractivity contribution in [1.29, 1.82) is 0 Å². The van der Waals surface area contributed by atoms with Gasteiger partial charge >= 0.3 is 12.1 Å². The molecule has 33 heavy (non-hydrogen) atoms.